The number of nitrogens with zero attached hydrogens (tertiary/aromatic N) is 1. The van der Waals surface area contributed by atoms with E-state index in [0.717, 1.165) is 0 Å². The second-order valence-electron chi connectivity index (χ2n) is 8.56. The van der Waals surface area contributed by atoms with Gasteiger partial charge in [-0.3, -0.25) is 0 Å². The summed E-state index contributed by atoms with van der Waals surface area (Å²) in [7, 11) is 3.89. The van der Waals surface area contributed by atoms with E-state index in [-0.39, 0.29) is 21.7 Å². The molecule has 1 aliphatic rings. The van der Waals surface area contributed by atoms with Crippen LogP contribution in [0.1, 0.15) is 86.5 Å². The molecule has 0 heterocycles. The van der Waals surface area contributed by atoms with Crippen LogP contribution in [0.15, 0.2) is 36.4 Å². The van der Waals surface area contributed by atoms with Crippen molar-refractivity contribution in [2.24, 2.45) is 0 Å². The topological polar surface area (TPSA) is 14.1 Å². The van der Waals surface area contributed by atoms with Gasteiger partial charge in [0.05, 0.1) is 0 Å². The molecular weight excluding hydrogens is 414 g/mol. The fraction of sp³-hybridized carbons (Fsp3) is 0.593. The van der Waals surface area contributed by atoms with Crippen molar-refractivity contribution in [3.05, 3.63) is 64.0 Å². The first-order chi connectivity index (χ1) is 14.0. The van der Waals surface area contributed by atoms with Gasteiger partial charge in [-0.1, -0.05) is 127 Å². The van der Waals surface area contributed by atoms with Crippen LogP contribution in [0.25, 0.3) is 5.32 Å². The summed E-state index contributed by atoms with van der Waals surface area (Å²) < 4.78 is 0. The smallest absolute Gasteiger partial charge is 0.662 e. The summed E-state index contributed by atoms with van der Waals surface area (Å²) in [5.74, 6) is 0. The summed E-state index contributed by atoms with van der Waals surface area (Å²) >= 11 is 0. The van der Waals surface area contributed by atoms with Gasteiger partial charge in [-0.05, 0) is 0 Å². The van der Waals surface area contributed by atoms with E-state index in [4.69, 9.17) is 0 Å². The Morgan fingerprint density at radius 1 is 0.833 bits per heavy atom. The zero-order chi connectivity index (χ0) is 21.5. The van der Waals surface area contributed by atoms with Gasteiger partial charge < -0.3 is 5.32 Å². The zero-order valence-electron chi connectivity index (χ0n) is 20.3. The Morgan fingerprint density at radius 3 is 1.57 bits per heavy atom. The Bertz CT molecular complexity index is 616. The Balaban J connectivity index is 0.000000434. The van der Waals surface area contributed by atoms with E-state index >= 15 is 0 Å². The van der Waals surface area contributed by atoms with Crippen molar-refractivity contribution in [3.63, 3.8) is 0 Å². The monoisotopic (exact) mass is 458 g/mol. The molecule has 3 rings (SSSR count). The molecule has 1 saturated carbocycles. The van der Waals surface area contributed by atoms with Crippen LogP contribution in [-0.2, 0) is 21.7 Å². The molecule has 1 fully saturated rings. The Hall–Kier alpha value is -0.539. The van der Waals surface area contributed by atoms with Crippen LogP contribution in [0.4, 0.5) is 0 Å². The predicted octanol–water partition coefficient (Wildman–Crippen LogP) is 6.85. The molecule has 1 radical (unpaired) electrons. The first-order valence-corrected chi connectivity index (χ1v) is 12.3. The molecule has 165 valence electrons. The van der Waals surface area contributed by atoms with Crippen LogP contribution < -0.4 is 5.19 Å². The number of hydrogen-bond acceptors (Lipinski definition) is 0. The fourth-order valence-corrected chi connectivity index (χ4v) is 4.11. The average Bonchev–Trinajstić information content (AvgIpc) is 2.93. The minimum atomic E-state index is 0. The maximum absolute atomic E-state index is 4.45. The quantitative estimate of drug-likeness (QED) is 0.328. The summed E-state index contributed by atoms with van der Waals surface area (Å²) in [6.45, 7) is 8.68. The molecule has 1 aliphatic carbocycles. The van der Waals surface area contributed by atoms with Gasteiger partial charge in [-0.2, -0.15) is 35.4 Å². The molecule has 30 heavy (non-hydrogen) atoms. The predicted molar refractivity (Wildman–Crippen MR) is 135 cm³/mol. The zero-order valence-corrected chi connectivity index (χ0v) is 23.2. The fourth-order valence-electron chi connectivity index (χ4n) is 3.83. The van der Waals surface area contributed by atoms with E-state index in [1.54, 1.807) is 0 Å². The summed E-state index contributed by atoms with van der Waals surface area (Å²) in [6, 6.07) is 13.2. The summed E-state index contributed by atoms with van der Waals surface area (Å²) in [6.07, 6.45) is 14.2. The van der Waals surface area contributed by atoms with Crippen LogP contribution in [0.3, 0.4) is 0 Å². The maximum atomic E-state index is 4.45. The summed E-state index contributed by atoms with van der Waals surface area (Å²) in [5.41, 5.74) is 5.75. The first kappa shape index (κ1) is 29.5. The number of benzene rings is 1. The number of aryl methyl sites for hydroxylation is 2. The van der Waals surface area contributed by atoms with E-state index in [0.29, 0.717) is 6.04 Å². The van der Waals surface area contributed by atoms with Crippen molar-refractivity contribution >= 4 is 15.4 Å². The SMILES string of the molecule is C[N-]C1CCCCCCCCCC1.Cc1c[c-](C)c(C)c1C.[SiH2]c1ccccc1.[Ti+2]. The van der Waals surface area contributed by atoms with Crippen molar-refractivity contribution in [1.82, 2.24) is 0 Å². The normalized spacial score (nSPS) is 15.4. The number of hydrogen-bond donors (Lipinski definition) is 0. The molecule has 0 unspecified atom stereocenters. The average molecular weight is 459 g/mol. The molecule has 0 spiro atoms. The molecule has 2 aromatic carbocycles. The van der Waals surface area contributed by atoms with Gasteiger partial charge in [-0.15, -0.1) is 6.04 Å². The molecular formula is C27H44NSiTi. The first-order valence-electron chi connectivity index (χ1n) is 11.6. The van der Waals surface area contributed by atoms with E-state index in [9.17, 15) is 0 Å². The van der Waals surface area contributed by atoms with Crippen LogP contribution >= 0.6 is 0 Å². The molecule has 2 aromatic rings. The standard InChI is InChI=1S/C12H24N.C9H13.C6H7Si.Ti/c1-13-12-10-8-6-4-2-3-5-7-9-11-12;1-6-5-7(2)9(4)8(6)3;7-6-4-2-1-3-5-6;/h12H,2-11H2,1H3;5H,1-4H3;1-5H,7H2;/q2*-1;;+2. The van der Waals surface area contributed by atoms with Gasteiger partial charge in [0.25, 0.3) is 0 Å². The van der Waals surface area contributed by atoms with Gasteiger partial charge >= 0.3 is 21.7 Å². The van der Waals surface area contributed by atoms with Crippen LogP contribution in [0, 0.1) is 27.7 Å². The summed E-state index contributed by atoms with van der Waals surface area (Å²) in [4.78, 5) is 0. The molecule has 0 atom stereocenters. The Labute approximate surface area is 205 Å². The van der Waals surface area contributed by atoms with Crippen molar-refractivity contribution < 1.29 is 21.7 Å². The Kier molecular flexibility index (Phi) is 17.7. The molecule has 0 N–H and O–H groups in total. The third kappa shape index (κ3) is 13.0. The number of rotatable bonds is 1. The molecule has 0 saturated heterocycles. The molecule has 1 nitrogen and oxygen atoms in total. The molecule has 0 bridgehead atoms. The van der Waals surface area contributed by atoms with Crippen molar-refractivity contribution in [3.8, 4) is 0 Å². The molecule has 3 heteroatoms. The van der Waals surface area contributed by atoms with Crippen LogP contribution in [0.2, 0.25) is 0 Å². The molecule has 0 aromatic heterocycles. The second-order valence-corrected chi connectivity index (χ2v) is 9.38. The van der Waals surface area contributed by atoms with E-state index in [2.05, 4.69) is 51.2 Å². The van der Waals surface area contributed by atoms with Gasteiger partial charge in [0.15, 0.2) is 0 Å². The van der Waals surface area contributed by atoms with Gasteiger partial charge in [0, 0.05) is 10.2 Å². The third-order valence-corrected chi connectivity index (χ3v) is 6.68. The maximum Gasteiger partial charge on any atom is 2.00 e. The summed E-state index contributed by atoms with van der Waals surface area (Å²) in [5, 5.41) is 5.80. The largest absolute Gasteiger partial charge is 2.00 e. The van der Waals surface area contributed by atoms with Crippen molar-refractivity contribution in [2.45, 2.75) is 97.9 Å². The third-order valence-electron chi connectivity index (χ3n) is 6.21. The van der Waals surface area contributed by atoms with Crippen molar-refractivity contribution in [2.75, 3.05) is 7.05 Å². The van der Waals surface area contributed by atoms with Crippen LogP contribution in [-0.4, -0.2) is 23.3 Å². The molecule has 0 amide bonds. The minimum Gasteiger partial charge on any atom is -0.662 e. The van der Waals surface area contributed by atoms with E-state index < -0.39 is 0 Å². The Morgan fingerprint density at radius 2 is 1.30 bits per heavy atom. The van der Waals surface area contributed by atoms with Crippen LogP contribution in [0.5, 0.6) is 0 Å². The van der Waals surface area contributed by atoms with E-state index in [1.165, 1.54) is 91.6 Å². The van der Waals surface area contributed by atoms with Gasteiger partial charge in [0.1, 0.15) is 0 Å². The van der Waals surface area contributed by atoms with Gasteiger partial charge in [0.2, 0.25) is 0 Å². The second kappa shape index (κ2) is 18.1. The van der Waals surface area contributed by atoms with E-state index in [1.807, 2.05) is 35.5 Å². The van der Waals surface area contributed by atoms with Gasteiger partial charge in [-0.25, -0.2) is 0 Å². The molecule has 0 aliphatic heterocycles. The van der Waals surface area contributed by atoms with Crippen molar-refractivity contribution in [1.29, 1.82) is 0 Å². The minimum absolute atomic E-state index is 0.